The fraction of sp³-hybridized carbons (Fsp3) is 0.667. The van der Waals surface area contributed by atoms with Gasteiger partial charge in [0.05, 0.1) is 13.3 Å². The third-order valence-electron chi connectivity index (χ3n) is 3.15. The van der Waals surface area contributed by atoms with Crippen LogP contribution in [0.1, 0.15) is 37.7 Å². The summed E-state index contributed by atoms with van der Waals surface area (Å²) in [5.74, 6) is -0.201. The Hall–Kier alpha value is -1.37. The number of ether oxygens (including phenoxy) is 1. The summed E-state index contributed by atoms with van der Waals surface area (Å²) >= 11 is 0. The van der Waals surface area contributed by atoms with E-state index in [4.69, 9.17) is 4.74 Å². The number of aryl methyl sites for hydroxylation is 1. The predicted octanol–water partition coefficient (Wildman–Crippen LogP) is 1.31. The highest BCUT2D eigenvalue weighted by Gasteiger charge is 2.42. The average Bonchev–Trinajstić information content (AvgIpc) is 2.69. The number of carbonyl (C=O) groups excluding carboxylic acids is 1. The molecular weight excluding hydrogens is 268 g/mol. The summed E-state index contributed by atoms with van der Waals surface area (Å²) < 4.78 is 28.6. The van der Waals surface area contributed by atoms with E-state index in [0.717, 1.165) is 12.7 Å². The molecule has 7 heteroatoms. The first-order valence-corrected chi connectivity index (χ1v) is 7.90. The van der Waals surface area contributed by atoms with Gasteiger partial charge in [-0.05, 0) is 20.3 Å². The highest BCUT2D eigenvalue weighted by molar-refractivity contribution is 7.92. The van der Waals surface area contributed by atoms with Crippen molar-refractivity contribution in [2.75, 3.05) is 13.4 Å². The minimum Gasteiger partial charge on any atom is -0.493 e. The van der Waals surface area contributed by atoms with Crippen LogP contribution in [0.2, 0.25) is 0 Å². The molecule has 0 aliphatic rings. The lowest BCUT2D eigenvalue weighted by Gasteiger charge is -2.21. The SMILES string of the molecule is CCCn1ncc(OC)c1C(=O)C(C)(C)S(C)(=O)=O. The van der Waals surface area contributed by atoms with E-state index in [1.54, 1.807) is 0 Å². The maximum atomic E-state index is 12.5. The van der Waals surface area contributed by atoms with Gasteiger partial charge in [0.25, 0.3) is 0 Å². The summed E-state index contributed by atoms with van der Waals surface area (Å²) in [4.78, 5) is 12.5. The van der Waals surface area contributed by atoms with Gasteiger partial charge in [0.2, 0.25) is 5.78 Å². The Morgan fingerprint density at radius 3 is 2.47 bits per heavy atom. The third kappa shape index (κ3) is 2.80. The van der Waals surface area contributed by atoms with Gasteiger partial charge in [-0.1, -0.05) is 6.92 Å². The van der Waals surface area contributed by atoms with Gasteiger partial charge < -0.3 is 4.74 Å². The molecule has 0 saturated heterocycles. The molecule has 0 radical (unpaired) electrons. The first kappa shape index (κ1) is 15.7. The second-order valence-corrected chi connectivity index (χ2v) is 7.46. The molecule has 1 aromatic heterocycles. The minimum atomic E-state index is -3.53. The quantitative estimate of drug-likeness (QED) is 0.737. The molecule has 0 bridgehead atoms. The first-order valence-electron chi connectivity index (χ1n) is 6.01. The molecule has 19 heavy (non-hydrogen) atoms. The Morgan fingerprint density at radius 1 is 1.47 bits per heavy atom. The number of hydrogen-bond donors (Lipinski definition) is 0. The maximum Gasteiger partial charge on any atom is 0.205 e. The lowest BCUT2D eigenvalue weighted by Crippen LogP contribution is -2.41. The summed E-state index contributed by atoms with van der Waals surface area (Å²) in [7, 11) is -2.10. The molecule has 0 N–H and O–H groups in total. The molecule has 1 rings (SSSR count). The number of ketones is 1. The van der Waals surface area contributed by atoms with Gasteiger partial charge in [0.1, 0.15) is 10.4 Å². The van der Waals surface area contributed by atoms with Crippen molar-refractivity contribution in [1.82, 2.24) is 9.78 Å². The molecule has 0 aliphatic heterocycles. The molecular formula is C12H20N2O4S. The van der Waals surface area contributed by atoms with Gasteiger partial charge >= 0.3 is 0 Å². The molecule has 1 heterocycles. The summed E-state index contributed by atoms with van der Waals surface area (Å²) in [6, 6.07) is 0. The van der Waals surface area contributed by atoms with Crippen molar-refractivity contribution < 1.29 is 17.9 Å². The highest BCUT2D eigenvalue weighted by atomic mass is 32.2. The fourth-order valence-corrected chi connectivity index (χ4v) is 2.02. The van der Waals surface area contributed by atoms with E-state index in [-0.39, 0.29) is 5.69 Å². The Morgan fingerprint density at radius 2 is 2.05 bits per heavy atom. The molecule has 0 atom stereocenters. The zero-order valence-corrected chi connectivity index (χ0v) is 12.7. The molecule has 0 amide bonds. The van der Waals surface area contributed by atoms with Gasteiger partial charge in [-0.3, -0.25) is 9.48 Å². The van der Waals surface area contributed by atoms with Gasteiger partial charge in [-0.25, -0.2) is 8.42 Å². The molecule has 0 saturated carbocycles. The number of methoxy groups -OCH3 is 1. The van der Waals surface area contributed by atoms with Crippen LogP contribution >= 0.6 is 0 Å². The number of aromatic nitrogens is 2. The average molecular weight is 288 g/mol. The second kappa shape index (κ2) is 5.32. The smallest absolute Gasteiger partial charge is 0.205 e. The van der Waals surface area contributed by atoms with E-state index in [1.807, 2.05) is 6.92 Å². The Balaban J connectivity index is 3.37. The van der Waals surface area contributed by atoms with Crippen LogP contribution in [0, 0.1) is 0 Å². The molecule has 6 nitrogen and oxygen atoms in total. The Bertz CT molecular complexity index is 573. The van der Waals surface area contributed by atoms with E-state index in [2.05, 4.69) is 5.10 Å². The van der Waals surface area contributed by atoms with Crippen molar-refractivity contribution in [2.45, 2.75) is 38.5 Å². The number of nitrogens with zero attached hydrogens (tertiary/aromatic N) is 2. The largest absolute Gasteiger partial charge is 0.493 e. The van der Waals surface area contributed by atoms with Crippen molar-refractivity contribution in [3.8, 4) is 5.75 Å². The van der Waals surface area contributed by atoms with E-state index in [1.165, 1.54) is 31.8 Å². The zero-order chi connectivity index (χ0) is 14.8. The standard InChI is InChI=1S/C12H20N2O4S/c1-6-7-14-10(9(18-4)8-13-14)11(15)12(2,3)19(5,16)17/h8H,6-7H2,1-5H3. The van der Waals surface area contributed by atoms with E-state index in [0.29, 0.717) is 12.3 Å². The van der Waals surface area contributed by atoms with Crippen molar-refractivity contribution in [1.29, 1.82) is 0 Å². The molecule has 1 aromatic rings. The van der Waals surface area contributed by atoms with Crippen LogP contribution in [0.15, 0.2) is 6.20 Å². The lowest BCUT2D eigenvalue weighted by atomic mass is 10.0. The van der Waals surface area contributed by atoms with E-state index < -0.39 is 20.4 Å². The number of carbonyl (C=O) groups is 1. The Labute approximate surface area is 113 Å². The van der Waals surface area contributed by atoms with Gasteiger partial charge in [-0.15, -0.1) is 0 Å². The number of sulfone groups is 1. The van der Waals surface area contributed by atoms with Crippen molar-refractivity contribution >= 4 is 15.6 Å². The molecule has 0 aromatic carbocycles. The zero-order valence-electron chi connectivity index (χ0n) is 11.9. The van der Waals surface area contributed by atoms with Crippen LogP contribution in [-0.2, 0) is 16.4 Å². The molecule has 108 valence electrons. The topological polar surface area (TPSA) is 78.3 Å². The predicted molar refractivity (Wildman–Crippen MR) is 72.3 cm³/mol. The molecule has 0 aliphatic carbocycles. The van der Waals surface area contributed by atoms with Crippen molar-refractivity contribution in [2.24, 2.45) is 0 Å². The van der Waals surface area contributed by atoms with Crippen LogP contribution < -0.4 is 4.74 Å². The van der Waals surface area contributed by atoms with Gasteiger partial charge in [0.15, 0.2) is 15.6 Å². The monoisotopic (exact) mass is 288 g/mol. The molecule has 0 unspecified atom stereocenters. The lowest BCUT2D eigenvalue weighted by molar-refractivity contribution is 0.0940. The van der Waals surface area contributed by atoms with Crippen molar-refractivity contribution in [3.05, 3.63) is 11.9 Å². The highest BCUT2D eigenvalue weighted by Crippen LogP contribution is 2.27. The van der Waals surface area contributed by atoms with Crippen molar-refractivity contribution in [3.63, 3.8) is 0 Å². The number of Topliss-reactive ketones (excluding diaryl/α,β-unsaturated/α-hetero) is 1. The summed E-state index contributed by atoms with van der Waals surface area (Å²) in [5.41, 5.74) is 0.208. The van der Waals surface area contributed by atoms with Gasteiger partial charge in [0, 0.05) is 12.8 Å². The second-order valence-electron chi connectivity index (χ2n) is 4.90. The van der Waals surface area contributed by atoms with Crippen LogP contribution in [0.5, 0.6) is 5.75 Å². The van der Waals surface area contributed by atoms with Crippen LogP contribution in [-0.4, -0.2) is 42.1 Å². The van der Waals surface area contributed by atoms with E-state index >= 15 is 0 Å². The fourth-order valence-electron chi connectivity index (χ4n) is 1.58. The summed E-state index contributed by atoms with van der Waals surface area (Å²) in [6.45, 7) is 5.27. The summed E-state index contributed by atoms with van der Waals surface area (Å²) in [5, 5.41) is 4.07. The number of hydrogen-bond acceptors (Lipinski definition) is 5. The maximum absolute atomic E-state index is 12.5. The van der Waals surface area contributed by atoms with Gasteiger partial charge in [-0.2, -0.15) is 5.10 Å². The first-order chi connectivity index (χ1) is 8.66. The number of rotatable bonds is 6. The van der Waals surface area contributed by atoms with Crippen LogP contribution in [0.25, 0.3) is 0 Å². The third-order valence-corrected chi connectivity index (χ3v) is 5.19. The normalized spacial score (nSPS) is 12.5. The molecule has 0 spiro atoms. The van der Waals surface area contributed by atoms with Crippen LogP contribution in [0.4, 0.5) is 0 Å². The summed E-state index contributed by atoms with van der Waals surface area (Å²) in [6.07, 6.45) is 3.27. The van der Waals surface area contributed by atoms with Crippen LogP contribution in [0.3, 0.4) is 0 Å². The minimum absolute atomic E-state index is 0.208. The Kier molecular flexibility index (Phi) is 4.39. The van der Waals surface area contributed by atoms with E-state index in [9.17, 15) is 13.2 Å². The molecule has 0 fully saturated rings.